The molecule has 1 aromatic carbocycles. The summed E-state index contributed by atoms with van der Waals surface area (Å²) >= 11 is -0.202. The number of carbonyl (C=O) groups is 1. The van der Waals surface area contributed by atoms with E-state index in [1.165, 1.54) is 18.2 Å². The summed E-state index contributed by atoms with van der Waals surface area (Å²) in [4.78, 5) is 11.1. The van der Waals surface area contributed by atoms with Crippen LogP contribution >= 0.6 is 11.8 Å². The van der Waals surface area contributed by atoms with Crippen molar-refractivity contribution in [1.82, 2.24) is 0 Å². The zero-order valence-corrected chi connectivity index (χ0v) is 9.28. The molecule has 88 valence electrons. The highest BCUT2D eigenvalue weighted by molar-refractivity contribution is 8.00. The Balaban J connectivity index is 2.75. The van der Waals surface area contributed by atoms with Crippen molar-refractivity contribution < 1.29 is 18.0 Å². The monoisotopic (exact) mass is 249 g/mol. The second kappa shape index (κ2) is 5.25. The van der Waals surface area contributed by atoms with E-state index < -0.39 is 5.51 Å². The van der Waals surface area contributed by atoms with Gasteiger partial charge in [0, 0.05) is 17.0 Å². The number of rotatable bonds is 3. The predicted molar refractivity (Wildman–Crippen MR) is 57.3 cm³/mol. The molecule has 0 bridgehead atoms. The molecule has 1 aromatic rings. The van der Waals surface area contributed by atoms with E-state index in [9.17, 15) is 18.0 Å². The Morgan fingerprint density at radius 1 is 1.44 bits per heavy atom. The summed E-state index contributed by atoms with van der Waals surface area (Å²) in [5.74, 6) is -0.228. The fourth-order valence-electron chi connectivity index (χ4n) is 1.02. The highest BCUT2D eigenvalue weighted by Crippen LogP contribution is 2.37. The number of carbonyl (C=O) groups excluding carboxylic acids is 1. The number of halogens is 3. The first-order chi connectivity index (χ1) is 7.40. The summed E-state index contributed by atoms with van der Waals surface area (Å²) in [7, 11) is 0. The molecule has 0 radical (unpaired) electrons. The molecule has 0 saturated heterocycles. The molecule has 0 aliphatic carbocycles. The molecule has 0 aromatic heterocycles. The van der Waals surface area contributed by atoms with Gasteiger partial charge in [0.05, 0.1) is 0 Å². The standard InChI is InChI=1S/C10H10F3NOS/c1-2-9(15)14-7-4-3-5-8(6-7)16-10(11,12)13/h3-6H,2H2,1H3,(H,14,15). The van der Waals surface area contributed by atoms with Crippen molar-refractivity contribution in [2.75, 3.05) is 5.32 Å². The van der Waals surface area contributed by atoms with E-state index in [0.29, 0.717) is 5.69 Å². The number of hydrogen-bond donors (Lipinski definition) is 1. The number of anilines is 1. The van der Waals surface area contributed by atoms with Crippen LogP contribution in [0.15, 0.2) is 29.2 Å². The number of thioether (sulfide) groups is 1. The maximum atomic E-state index is 12.1. The molecule has 0 aliphatic heterocycles. The van der Waals surface area contributed by atoms with E-state index in [1.807, 2.05) is 0 Å². The minimum Gasteiger partial charge on any atom is -0.326 e. The number of benzene rings is 1. The minimum atomic E-state index is -4.31. The largest absolute Gasteiger partial charge is 0.446 e. The Bertz CT molecular complexity index is 379. The Morgan fingerprint density at radius 3 is 2.69 bits per heavy atom. The van der Waals surface area contributed by atoms with Gasteiger partial charge < -0.3 is 5.32 Å². The lowest BCUT2D eigenvalue weighted by molar-refractivity contribution is -0.115. The van der Waals surface area contributed by atoms with Crippen molar-refractivity contribution >= 4 is 23.4 Å². The third-order valence-electron chi connectivity index (χ3n) is 1.67. The normalized spacial score (nSPS) is 11.2. The lowest BCUT2D eigenvalue weighted by Crippen LogP contribution is -2.09. The van der Waals surface area contributed by atoms with Crippen LogP contribution in [0, 0.1) is 0 Å². The van der Waals surface area contributed by atoms with Gasteiger partial charge in [-0.25, -0.2) is 0 Å². The van der Waals surface area contributed by atoms with Gasteiger partial charge in [-0.15, -0.1) is 0 Å². The molecule has 0 spiro atoms. The van der Waals surface area contributed by atoms with E-state index in [2.05, 4.69) is 5.32 Å². The summed E-state index contributed by atoms with van der Waals surface area (Å²) in [5.41, 5.74) is -3.94. The average molecular weight is 249 g/mol. The molecule has 0 unspecified atom stereocenters. The minimum absolute atomic E-state index is 0.0569. The topological polar surface area (TPSA) is 29.1 Å². The third-order valence-corrected chi connectivity index (χ3v) is 2.39. The first kappa shape index (κ1) is 12.9. The Hall–Kier alpha value is -1.17. The van der Waals surface area contributed by atoms with Gasteiger partial charge in [-0.3, -0.25) is 4.79 Å². The van der Waals surface area contributed by atoms with Crippen molar-refractivity contribution in [1.29, 1.82) is 0 Å². The van der Waals surface area contributed by atoms with Crippen LogP contribution in [0.1, 0.15) is 13.3 Å². The zero-order valence-electron chi connectivity index (χ0n) is 8.47. The molecule has 6 heteroatoms. The summed E-state index contributed by atoms with van der Waals surface area (Å²) in [6.07, 6.45) is 0.288. The molecule has 1 N–H and O–H groups in total. The summed E-state index contributed by atoms with van der Waals surface area (Å²) < 4.78 is 36.2. The maximum absolute atomic E-state index is 12.1. The van der Waals surface area contributed by atoms with Crippen LogP contribution < -0.4 is 5.32 Å². The smallest absolute Gasteiger partial charge is 0.326 e. The molecular weight excluding hydrogens is 239 g/mol. The molecule has 0 saturated carbocycles. The first-order valence-electron chi connectivity index (χ1n) is 4.56. The van der Waals surface area contributed by atoms with Crippen molar-refractivity contribution in [3.63, 3.8) is 0 Å². The Labute approximate surface area is 95.2 Å². The van der Waals surface area contributed by atoms with E-state index in [4.69, 9.17) is 0 Å². The summed E-state index contributed by atoms with van der Waals surface area (Å²) in [6, 6.07) is 5.67. The molecule has 0 heterocycles. The molecule has 2 nitrogen and oxygen atoms in total. The second-order valence-electron chi connectivity index (χ2n) is 2.98. The number of hydrogen-bond acceptors (Lipinski definition) is 2. The van der Waals surface area contributed by atoms with E-state index in [0.717, 1.165) is 0 Å². The van der Waals surface area contributed by atoms with Gasteiger partial charge in [-0.1, -0.05) is 13.0 Å². The van der Waals surface area contributed by atoms with Gasteiger partial charge in [0.1, 0.15) is 0 Å². The van der Waals surface area contributed by atoms with Gasteiger partial charge >= 0.3 is 5.51 Å². The van der Waals surface area contributed by atoms with Crippen molar-refractivity contribution in [3.05, 3.63) is 24.3 Å². The molecule has 16 heavy (non-hydrogen) atoms. The lowest BCUT2D eigenvalue weighted by Gasteiger charge is -2.08. The van der Waals surface area contributed by atoms with Crippen molar-refractivity contribution in [2.45, 2.75) is 23.7 Å². The summed E-state index contributed by atoms with van der Waals surface area (Å²) in [6.45, 7) is 1.67. The molecule has 0 aliphatic rings. The molecule has 1 rings (SSSR count). The van der Waals surface area contributed by atoms with Crippen molar-refractivity contribution in [3.8, 4) is 0 Å². The van der Waals surface area contributed by atoms with Gasteiger partial charge in [0.15, 0.2) is 0 Å². The number of nitrogens with one attached hydrogen (secondary N) is 1. The molecule has 0 fully saturated rings. The summed E-state index contributed by atoms with van der Waals surface area (Å²) in [5, 5.41) is 2.50. The maximum Gasteiger partial charge on any atom is 0.446 e. The van der Waals surface area contributed by atoms with E-state index >= 15 is 0 Å². The van der Waals surface area contributed by atoms with Crippen LogP contribution in [0.3, 0.4) is 0 Å². The zero-order chi connectivity index (χ0) is 12.2. The molecule has 1 amide bonds. The Kier molecular flexibility index (Phi) is 4.23. The van der Waals surface area contributed by atoms with E-state index in [-0.39, 0.29) is 29.0 Å². The average Bonchev–Trinajstić information content (AvgIpc) is 2.15. The van der Waals surface area contributed by atoms with Gasteiger partial charge in [-0.05, 0) is 30.0 Å². The number of amides is 1. The van der Waals surface area contributed by atoms with Gasteiger partial charge in [0.2, 0.25) is 5.91 Å². The van der Waals surface area contributed by atoms with Crippen LogP contribution in [0.2, 0.25) is 0 Å². The van der Waals surface area contributed by atoms with Crippen molar-refractivity contribution in [2.24, 2.45) is 0 Å². The third kappa shape index (κ3) is 4.57. The van der Waals surface area contributed by atoms with Gasteiger partial charge in [-0.2, -0.15) is 13.2 Å². The van der Waals surface area contributed by atoms with E-state index in [1.54, 1.807) is 13.0 Å². The first-order valence-corrected chi connectivity index (χ1v) is 5.38. The van der Waals surface area contributed by atoms with Crippen LogP contribution in [0.25, 0.3) is 0 Å². The highest BCUT2D eigenvalue weighted by Gasteiger charge is 2.29. The predicted octanol–water partition coefficient (Wildman–Crippen LogP) is 3.65. The van der Waals surface area contributed by atoms with Crippen LogP contribution in [0.5, 0.6) is 0 Å². The van der Waals surface area contributed by atoms with Gasteiger partial charge in [0.25, 0.3) is 0 Å². The second-order valence-corrected chi connectivity index (χ2v) is 4.12. The molecular formula is C10H10F3NOS. The lowest BCUT2D eigenvalue weighted by atomic mass is 10.3. The molecule has 0 atom stereocenters. The quantitative estimate of drug-likeness (QED) is 0.828. The Morgan fingerprint density at radius 2 is 2.12 bits per heavy atom. The highest BCUT2D eigenvalue weighted by atomic mass is 32.2. The van der Waals surface area contributed by atoms with Crippen LogP contribution in [-0.4, -0.2) is 11.4 Å². The van der Waals surface area contributed by atoms with Crippen LogP contribution in [0.4, 0.5) is 18.9 Å². The SMILES string of the molecule is CCC(=O)Nc1cccc(SC(F)(F)F)c1. The fourth-order valence-corrected chi connectivity index (χ4v) is 1.62. The van der Waals surface area contributed by atoms with Crippen LogP contribution in [-0.2, 0) is 4.79 Å². The number of alkyl halides is 3. The fraction of sp³-hybridized carbons (Fsp3) is 0.300.